The molecule has 0 aliphatic rings. The molecule has 0 aromatic heterocycles. The predicted octanol–water partition coefficient (Wildman–Crippen LogP) is 3.58. The van der Waals surface area contributed by atoms with Crippen molar-refractivity contribution in [3.8, 4) is 0 Å². The van der Waals surface area contributed by atoms with Crippen LogP contribution in [0.5, 0.6) is 0 Å². The van der Waals surface area contributed by atoms with Gasteiger partial charge in [-0.2, -0.15) is 0 Å². The molecule has 0 unspecified atom stereocenters. The molecular formula is C9H8BrClF2O. The summed E-state index contributed by atoms with van der Waals surface area (Å²) < 4.78 is 26.9. The van der Waals surface area contributed by atoms with Crippen LogP contribution in [0.25, 0.3) is 0 Å². The molecule has 78 valence electrons. The van der Waals surface area contributed by atoms with Crippen LogP contribution in [0.4, 0.5) is 8.78 Å². The molecule has 5 heteroatoms. The Morgan fingerprint density at radius 3 is 2.57 bits per heavy atom. The van der Waals surface area contributed by atoms with Crippen molar-refractivity contribution in [2.45, 2.75) is 12.3 Å². The summed E-state index contributed by atoms with van der Waals surface area (Å²) >= 11 is 8.73. The number of hydrogen-bond donors (Lipinski definition) is 1. The van der Waals surface area contributed by atoms with Crippen LogP contribution in [0.15, 0.2) is 22.7 Å². The number of alkyl halides is 2. The summed E-state index contributed by atoms with van der Waals surface area (Å²) in [6.45, 7) is -0.548. The standard InChI is InChI=1S/C9H8BrClF2O/c10-7-5-6(1-2-8(7)11)9(12,13)3-4-14/h1-2,5,14H,3-4H2. The number of benzene rings is 1. The molecule has 0 aliphatic heterocycles. The summed E-state index contributed by atoms with van der Waals surface area (Å²) in [5, 5.41) is 8.85. The lowest BCUT2D eigenvalue weighted by molar-refractivity contribution is -0.0270. The molecule has 0 spiro atoms. The molecule has 1 aromatic carbocycles. The third kappa shape index (κ3) is 2.65. The summed E-state index contributed by atoms with van der Waals surface area (Å²) in [6.07, 6.45) is -0.582. The second-order valence-electron chi connectivity index (χ2n) is 2.81. The van der Waals surface area contributed by atoms with Gasteiger partial charge in [-0.05, 0) is 28.1 Å². The number of aliphatic hydroxyl groups excluding tert-OH is 1. The topological polar surface area (TPSA) is 20.2 Å². The highest BCUT2D eigenvalue weighted by molar-refractivity contribution is 9.10. The molecule has 0 radical (unpaired) electrons. The van der Waals surface area contributed by atoms with Gasteiger partial charge < -0.3 is 5.11 Å². The number of halogens is 4. The second kappa shape index (κ2) is 4.55. The van der Waals surface area contributed by atoms with Crippen molar-refractivity contribution in [2.75, 3.05) is 6.61 Å². The molecule has 1 N–H and O–H groups in total. The maximum absolute atomic E-state index is 13.2. The van der Waals surface area contributed by atoms with E-state index in [4.69, 9.17) is 16.7 Å². The van der Waals surface area contributed by atoms with Crippen LogP contribution in [-0.2, 0) is 5.92 Å². The largest absolute Gasteiger partial charge is 0.396 e. The molecule has 0 saturated carbocycles. The van der Waals surface area contributed by atoms with Crippen molar-refractivity contribution >= 4 is 27.5 Å². The SMILES string of the molecule is OCCC(F)(F)c1ccc(Cl)c(Br)c1. The van der Waals surface area contributed by atoms with Crippen molar-refractivity contribution in [3.05, 3.63) is 33.3 Å². The van der Waals surface area contributed by atoms with E-state index in [1.165, 1.54) is 18.2 Å². The Morgan fingerprint density at radius 1 is 1.43 bits per heavy atom. The van der Waals surface area contributed by atoms with E-state index in [0.29, 0.717) is 9.50 Å². The number of rotatable bonds is 3. The molecule has 0 saturated heterocycles. The summed E-state index contributed by atoms with van der Waals surface area (Å²) in [5.41, 5.74) is -0.150. The van der Waals surface area contributed by atoms with Gasteiger partial charge in [0, 0.05) is 23.1 Å². The fourth-order valence-electron chi connectivity index (χ4n) is 1.01. The zero-order chi connectivity index (χ0) is 10.8. The van der Waals surface area contributed by atoms with Gasteiger partial charge in [0.2, 0.25) is 0 Å². The van der Waals surface area contributed by atoms with Gasteiger partial charge in [-0.25, -0.2) is 8.78 Å². The van der Waals surface area contributed by atoms with E-state index in [9.17, 15) is 8.78 Å². The molecule has 0 amide bonds. The first kappa shape index (κ1) is 11.9. The molecule has 1 nitrogen and oxygen atoms in total. The average molecular weight is 286 g/mol. The Balaban J connectivity index is 3.01. The Labute approximate surface area is 93.8 Å². The Bertz CT molecular complexity index is 331. The van der Waals surface area contributed by atoms with E-state index < -0.39 is 19.0 Å². The van der Waals surface area contributed by atoms with Crippen LogP contribution in [0.3, 0.4) is 0 Å². The van der Waals surface area contributed by atoms with Gasteiger partial charge in [-0.1, -0.05) is 17.7 Å². The molecule has 0 bridgehead atoms. The minimum atomic E-state index is -3.01. The fourth-order valence-corrected chi connectivity index (χ4v) is 1.50. The molecule has 0 atom stereocenters. The Kier molecular flexibility index (Phi) is 3.86. The van der Waals surface area contributed by atoms with Gasteiger partial charge in [0.1, 0.15) is 0 Å². The van der Waals surface area contributed by atoms with E-state index >= 15 is 0 Å². The highest BCUT2D eigenvalue weighted by Gasteiger charge is 2.30. The number of hydrogen-bond acceptors (Lipinski definition) is 1. The Hall–Kier alpha value is -0.190. The van der Waals surface area contributed by atoms with Crippen molar-refractivity contribution in [3.63, 3.8) is 0 Å². The van der Waals surface area contributed by atoms with Crippen LogP contribution in [-0.4, -0.2) is 11.7 Å². The van der Waals surface area contributed by atoms with E-state index in [2.05, 4.69) is 15.9 Å². The minimum Gasteiger partial charge on any atom is -0.396 e. The molecule has 0 heterocycles. The minimum absolute atomic E-state index is 0.150. The molecule has 0 fully saturated rings. The van der Waals surface area contributed by atoms with Crippen LogP contribution in [0.1, 0.15) is 12.0 Å². The first-order valence-electron chi connectivity index (χ1n) is 3.91. The first-order valence-corrected chi connectivity index (χ1v) is 5.08. The van der Waals surface area contributed by atoms with E-state index in [1.807, 2.05) is 0 Å². The molecule has 1 rings (SSSR count). The predicted molar refractivity (Wildman–Crippen MR) is 54.7 cm³/mol. The highest BCUT2D eigenvalue weighted by Crippen LogP contribution is 2.34. The zero-order valence-corrected chi connectivity index (χ0v) is 9.45. The molecule has 1 aromatic rings. The van der Waals surface area contributed by atoms with Gasteiger partial charge >= 0.3 is 0 Å². The average Bonchev–Trinajstić information content (AvgIpc) is 2.09. The van der Waals surface area contributed by atoms with E-state index in [1.54, 1.807) is 0 Å². The third-order valence-corrected chi connectivity index (χ3v) is 2.98. The van der Waals surface area contributed by atoms with Crippen molar-refractivity contribution in [2.24, 2.45) is 0 Å². The maximum atomic E-state index is 13.2. The van der Waals surface area contributed by atoms with Crippen molar-refractivity contribution in [1.82, 2.24) is 0 Å². The van der Waals surface area contributed by atoms with Gasteiger partial charge in [-0.3, -0.25) is 0 Å². The summed E-state index contributed by atoms with van der Waals surface area (Å²) in [5.74, 6) is -3.01. The summed E-state index contributed by atoms with van der Waals surface area (Å²) in [4.78, 5) is 0. The third-order valence-electron chi connectivity index (χ3n) is 1.77. The van der Waals surface area contributed by atoms with Gasteiger partial charge in [0.15, 0.2) is 0 Å². The lowest BCUT2D eigenvalue weighted by Gasteiger charge is -2.15. The van der Waals surface area contributed by atoms with Crippen LogP contribution in [0.2, 0.25) is 5.02 Å². The zero-order valence-electron chi connectivity index (χ0n) is 7.11. The second-order valence-corrected chi connectivity index (χ2v) is 4.07. The normalized spacial score (nSPS) is 11.8. The van der Waals surface area contributed by atoms with Gasteiger partial charge in [0.05, 0.1) is 5.02 Å². The van der Waals surface area contributed by atoms with E-state index in [0.717, 1.165) is 0 Å². The fraction of sp³-hybridized carbons (Fsp3) is 0.333. The van der Waals surface area contributed by atoms with E-state index in [-0.39, 0.29) is 5.56 Å². The Morgan fingerprint density at radius 2 is 2.07 bits per heavy atom. The first-order chi connectivity index (χ1) is 6.47. The lowest BCUT2D eigenvalue weighted by atomic mass is 10.1. The van der Waals surface area contributed by atoms with Gasteiger partial charge in [0.25, 0.3) is 5.92 Å². The monoisotopic (exact) mass is 284 g/mol. The smallest absolute Gasteiger partial charge is 0.275 e. The molecule has 0 aliphatic carbocycles. The molecular weight excluding hydrogens is 277 g/mol. The van der Waals surface area contributed by atoms with Crippen LogP contribution < -0.4 is 0 Å². The van der Waals surface area contributed by atoms with Crippen LogP contribution >= 0.6 is 27.5 Å². The van der Waals surface area contributed by atoms with Crippen molar-refractivity contribution in [1.29, 1.82) is 0 Å². The lowest BCUT2D eigenvalue weighted by Crippen LogP contribution is -2.15. The quantitative estimate of drug-likeness (QED) is 0.900. The highest BCUT2D eigenvalue weighted by atomic mass is 79.9. The molecule has 14 heavy (non-hydrogen) atoms. The summed E-state index contributed by atoms with van der Waals surface area (Å²) in [7, 11) is 0. The van der Waals surface area contributed by atoms with Crippen LogP contribution in [0, 0.1) is 0 Å². The van der Waals surface area contributed by atoms with Crippen molar-refractivity contribution < 1.29 is 13.9 Å². The number of aliphatic hydroxyl groups is 1. The maximum Gasteiger partial charge on any atom is 0.275 e. The summed E-state index contributed by atoms with van der Waals surface area (Å²) in [6, 6.07) is 3.91. The van der Waals surface area contributed by atoms with Gasteiger partial charge in [-0.15, -0.1) is 0 Å².